The Morgan fingerprint density at radius 1 is 1.42 bits per heavy atom. The van der Waals surface area contributed by atoms with Gasteiger partial charge in [-0.15, -0.1) is 0 Å². The predicted octanol–water partition coefficient (Wildman–Crippen LogP) is 1.37. The van der Waals surface area contributed by atoms with Crippen LogP contribution in [0.1, 0.15) is 23.2 Å². The van der Waals surface area contributed by atoms with Crippen LogP contribution in [0.3, 0.4) is 0 Å². The van der Waals surface area contributed by atoms with Gasteiger partial charge in [-0.1, -0.05) is 0 Å². The van der Waals surface area contributed by atoms with E-state index in [4.69, 9.17) is 0 Å². The highest BCUT2D eigenvalue weighted by molar-refractivity contribution is 5.95. The molecule has 0 bridgehead atoms. The standard InChI is InChI=1S/C15H16F3N3O3/c16-15(17,18)8-24-12-4-3-9(6-19-12)14(23)21-5-1-2-10-11(21)7-20-13(10)22/h3-4,6,10-11H,1-2,5,7-8H2,(H,20,22)/t10-,11-/m1/s1. The number of alkyl halides is 3. The van der Waals surface area contributed by atoms with E-state index in [1.54, 1.807) is 4.90 Å². The first-order valence-electron chi connectivity index (χ1n) is 7.59. The van der Waals surface area contributed by atoms with Gasteiger partial charge in [0.2, 0.25) is 11.8 Å². The Labute approximate surface area is 136 Å². The van der Waals surface area contributed by atoms with Gasteiger partial charge in [0.05, 0.1) is 17.5 Å². The lowest BCUT2D eigenvalue weighted by Gasteiger charge is -2.35. The number of amides is 2. The van der Waals surface area contributed by atoms with Crippen LogP contribution in [-0.4, -0.2) is 53.6 Å². The van der Waals surface area contributed by atoms with Crippen LogP contribution in [0.25, 0.3) is 0 Å². The molecule has 0 saturated carbocycles. The largest absolute Gasteiger partial charge is 0.468 e. The fourth-order valence-electron chi connectivity index (χ4n) is 3.12. The molecule has 9 heteroatoms. The van der Waals surface area contributed by atoms with Crippen molar-refractivity contribution in [3.05, 3.63) is 23.9 Å². The Hall–Kier alpha value is -2.32. The summed E-state index contributed by atoms with van der Waals surface area (Å²) in [4.78, 5) is 29.7. The number of hydrogen-bond donors (Lipinski definition) is 1. The van der Waals surface area contributed by atoms with E-state index < -0.39 is 12.8 Å². The second kappa shape index (κ2) is 6.29. The third-order valence-electron chi connectivity index (χ3n) is 4.23. The van der Waals surface area contributed by atoms with Gasteiger partial charge in [0.25, 0.3) is 5.91 Å². The molecule has 2 fully saturated rings. The molecule has 2 amide bonds. The van der Waals surface area contributed by atoms with Crippen molar-refractivity contribution < 1.29 is 27.5 Å². The van der Waals surface area contributed by atoms with E-state index in [2.05, 4.69) is 15.0 Å². The molecule has 130 valence electrons. The summed E-state index contributed by atoms with van der Waals surface area (Å²) in [7, 11) is 0. The summed E-state index contributed by atoms with van der Waals surface area (Å²) >= 11 is 0. The maximum atomic E-state index is 12.6. The van der Waals surface area contributed by atoms with Crippen LogP contribution in [-0.2, 0) is 4.79 Å². The molecule has 2 aliphatic rings. The minimum absolute atomic E-state index is 0.0356. The second-order valence-corrected chi connectivity index (χ2v) is 5.85. The number of halogens is 3. The quantitative estimate of drug-likeness (QED) is 0.900. The highest BCUT2D eigenvalue weighted by atomic mass is 19.4. The minimum Gasteiger partial charge on any atom is -0.468 e. The predicted molar refractivity (Wildman–Crippen MR) is 76.3 cm³/mol. The Balaban J connectivity index is 1.67. The Bertz CT molecular complexity index is 633. The number of carbonyl (C=O) groups excluding carboxylic acids is 2. The highest BCUT2D eigenvalue weighted by Gasteiger charge is 2.42. The number of hydrogen-bond acceptors (Lipinski definition) is 4. The number of piperidine rings is 1. The van der Waals surface area contributed by atoms with Gasteiger partial charge in [-0.25, -0.2) is 4.98 Å². The first-order valence-corrected chi connectivity index (χ1v) is 7.59. The van der Waals surface area contributed by atoms with Gasteiger partial charge in [-0.2, -0.15) is 13.2 Å². The van der Waals surface area contributed by atoms with Crippen LogP contribution < -0.4 is 10.1 Å². The average molecular weight is 343 g/mol. The normalized spacial score (nSPS) is 23.6. The summed E-state index contributed by atoms with van der Waals surface area (Å²) in [6, 6.07) is 2.44. The number of likely N-dealkylation sites (tertiary alicyclic amines) is 1. The van der Waals surface area contributed by atoms with Crippen LogP contribution in [0.5, 0.6) is 5.88 Å². The molecule has 3 rings (SSSR count). The van der Waals surface area contributed by atoms with E-state index in [9.17, 15) is 22.8 Å². The molecule has 0 aromatic carbocycles. The molecule has 1 N–H and O–H groups in total. The first kappa shape index (κ1) is 16.5. The van der Waals surface area contributed by atoms with Gasteiger partial charge in [0.15, 0.2) is 6.61 Å². The molecule has 1 aromatic heterocycles. The van der Waals surface area contributed by atoms with E-state index >= 15 is 0 Å². The lowest BCUT2D eigenvalue weighted by molar-refractivity contribution is -0.154. The molecular formula is C15H16F3N3O3. The van der Waals surface area contributed by atoms with Crippen LogP contribution in [0.4, 0.5) is 13.2 Å². The molecule has 0 unspecified atom stereocenters. The van der Waals surface area contributed by atoms with E-state index in [-0.39, 0.29) is 35.2 Å². The van der Waals surface area contributed by atoms with E-state index in [0.717, 1.165) is 12.8 Å². The van der Waals surface area contributed by atoms with Crippen molar-refractivity contribution in [2.75, 3.05) is 19.7 Å². The van der Waals surface area contributed by atoms with Crippen molar-refractivity contribution in [1.29, 1.82) is 0 Å². The maximum absolute atomic E-state index is 12.6. The third-order valence-corrected chi connectivity index (χ3v) is 4.23. The molecule has 24 heavy (non-hydrogen) atoms. The zero-order valence-corrected chi connectivity index (χ0v) is 12.7. The third kappa shape index (κ3) is 3.44. The van der Waals surface area contributed by atoms with Crippen molar-refractivity contribution in [3.8, 4) is 5.88 Å². The molecule has 0 aliphatic carbocycles. The first-order chi connectivity index (χ1) is 11.3. The van der Waals surface area contributed by atoms with Crippen LogP contribution in [0.2, 0.25) is 0 Å². The zero-order chi connectivity index (χ0) is 17.3. The van der Waals surface area contributed by atoms with Gasteiger partial charge in [-0.3, -0.25) is 9.59 Å². The molecule has 3 heterocycles. The molecule has 1 aromatic rings. The monoisotopic (exact) mass is 343 g/mol. The highest BCUT2D eigenvalue weighted by Crippen LogP contribution is 2.28. The number of carbonyl (C=O) groups is 2. The number of fused-ring (bicyclic) bond motifs is 1. The zero-order valence-electron chi connectivity index (χ0n) is 12.7. The van der Waals surface area contributed by atoms with Gasteiger partial charge >= 0.3 is 6.18 Å². The topological polar surface area (TPSA) is 71.5 Å². The summed E-state index contributed by atoms with van der Waals surface area (Å²) < 4.78 is 40.8. The van der Waals surface area contributed by atoms with Gasteiger partial charge in [0, 0.05) is 25.4 Å². The lowest BCUT2D eigenvalue weighted by atomic mass is 9.91. The summed E-state index contributed by atoms with van der Waals surface area (Å²) in [5.74, 6) is -0.703. The molecule has 2 atom stereocenters. The van der Waals surface area contributed by atoms with Crippen LogP contribution in [0.15, 0.2) is 18.3 Å². The number of pyridine rings is 1. The second-order valence-electron chi connectivity index (χ2n) is 5.85. The number of nitrogens with one attached hydrogen (secondary N) is 1. The van der Waals surface area contributed by atoms with E-state index in [1.807, 2.05) is 0 Å². The van der Waals surface area contributed by atoms with E-state index in [1.165, 1.54) is 18.3 Å². The average Bonchev–Trinajstić information content (AvgIpc) is 2.94. The fraction of sp³-hybridized carbons (Fsp3) is 0.533. The molecule has 2 aliphatic heterocycles. The van der Waals surface area contributed by atoms with Crippen molar-refractivity contribution in [1.82, 2.24) is 15.2 Å². The summed E-state index contributed by atoms with van der Waals surface area (Å²) in [6.07, 6.45) is -1.76. The number of aromatic nitrogens is 1. The lowest BCUT2D eigenvalue weighted by Crippen LogP contribution is -2.48. The van der Waals surface area contributed by atoms with Gasteiger partial charge in [0.1, 0.15) is 0 Å². The van der Waals surface area contributed by atoms with Crippen molar-refractivity contribution in [2.24, 2.45) is 5.92 Å². The van der Waals surface area contributed by atoms with E-state index in [0.29, 0.717) is 13.1 Å². The summed E-state index contributed by atoms with van der Waals surface area (Å²) in [6.45, 7) is -0.465. The van der Waals surface area contributed by atoms with Gasteiger partial charge < -0.3 is 15.0 Å². The maximum Gasteiger partial charge on any atom is 0.422 e. The summed E-state index contributed by atoms with van der Waals surface area (Å²) in [5.41, 5.74) is 0.259. The molecule has 0 spiro atoms. The molecular weight excluding hydrogens is 327 g/mol. The Kier molecular flexibility index (Phi) is 4.33. The number of nitrogens with zero attached hydrogens (tertiary/aromatic N) is 2. The SMILES string of the molecule is O=C1NC[C@@H]2[C@H]1CCCN2C(=O)c1ccc(OCC(F)(F)F)nc1. The Morgan fingerprint density at radius 2 is 2.21 bits per heavy atom. The van der Waals surface area contributed by atoms with Crippen molar-refractivity contribution in [2.45, 2.75) is 25.1 Å². The minimum atomic E-state index is -4.44. The van der Waals surface area contributed by atoms with Gasteiger partial charge in [-0.05, 0) is 18.9 Å². The smallest absolute Gasteiger partial charge is 0.422 e. The molecule has 6 nitrogen and oxygen atoms in total. The summed E-state index contributed by atoms with van der Waals surface area (Å²) in [5, 5.41) is 2.76. The van der Waals surface area contributed by atoms with Crippen LogP contribution >= 0.6 is 0 Å². The fourth-order valence-corrected chi connectivity index (χ4v) is 3.12. The molecule has 2 saturated heterocycles. The van der Waals surface area contributed by atoms with Crippen molar-refractivity contribution >= 4 is 11.8 Å². The number of ether oxygens (including phenoxy) is 1. The molecule has 0 radical (unpaired) electrons. The van der Waals surface area contributed by atoms with Crippen molar-refractivity contribution in [3.63, 3.8) is 0 Å². The Morgan fingerprint density at radius 3 is 2.88 bits per heavy atom. The number of rotatable bonds is 3. The van der Waals surface area contributed by atoms with Crippen LogP contribution in [0, 0.1) is 5.92 Å².